The van der Waals surface area contributed by atoms with E-state index >= 15 is 0 Å². The van der Waals surface area contributed by atoms with Gasteiger partial charge in [-0.05, 0) is 12.0 Å². The third kappa shape index (κ3) is 4.43. The molecule has 13 heavy (non-hydrogen) atoms. The van der Waals surface area contributed by atoms with Crippen LogP contribution in [0.25, 0.3) is 0 Å². The van der Waals surface area contributed by atoms with Crippen LogP contribution < -0.4 is 35.3 Å². The molecule has 0 aliphatic carbocycles. The van der Waals surface area contributed by atoms with E-state index in [0.717, 1.165) is 5.56 Å². The van der Waals surface area contributed by atoms with Crippen LogP contribution in [0.4, 0.5) is 0 Å². The van der Waals surface area contributed by atoms with Crippen molar-refractivity contribution in [3.63, 3.8) is 0 Å². The van der Waals surface area contributed by atoms with Crippen LogP contribution in [0, 0.1) is 0 Å². The first-order chi connectivity index (χ1) is 5.70. The zero-order valence-electron chi connectivity index (χ0n) is 8.60. The van der Waals surface area contributed by atoms with Crippen LogP contribution in [-0.4, -0.2) is 17.1 Å². The first-order valence-corrected chi connectivity index (χ1v) is 3.72. The number of carbonyl (C=O) groups is 1. The third-order valence-electron chi connectivity index (χ3n) is 1.62. The van der Waals surface area contributed by atoms with E-state index in [4.69, 9.17) is 10.8 Å². The maximum absolute atomic E-state index is 10.4. The second-order valence-electron chi connectivity index (χ2n) is 2.63. The number of carboxylic acids is 1. The van der Waals surface area contributed by atoms with Crippen LogP contribution in [0.5, 0.6) is 0 Å². The average molecular weight is 189 g/mol. The summed E-state index contributed by atoms with van der Waals surface area (Å²) in [5.74, 6) is -0.959. The first-order valence-electron chi connectivity index (χ1n) is 3.72. The van der Waals surface area contributed by atoms with E-state index in [-0.39, 0.29) is 31.0 Å². The minimum atomic E-state index is -0.959. The van der Waals surface area contributed by atoms with Crippen molar-refractivity contribution in [3.8, 4) is 0 Å². The Morgan fingerprint density at radius 3 is 2.46 bits per heavy atom. The van der Waals surface area contributed by atoms with E-state index in [1.165, 1.54) is 0 Å². The van der Waals surface area contributed by atoms with Gasteiger partial charge in [0.1, 0.15) is 6.04 Å². The van der Waals surface area contributed by atoms with E-state index in [1.807, 2.05) is 30.3 Å². The molecule has 1 aromatic rings. The summed E-state index contributed by atoms with van der Waals surface area (Å²) < 4.78 is 0. The van der Waals surface area contributed by atoms with Crippen molar-refractivity contribution in [2.45, 2.75) is 12.5 Å². The Morgan fingerprint density at radius 1 is 1.46 bits per heavy atom. The van der Waals surface area contributed by atoms with E-state index in [0.29, 0.717) is 6.42 Å². The minimum absolute atomic E-state index is 0. The molecule has 66 valence electrons. The van der Waals surface area contributed by atoms with Gasteiger partial charge in [-0.25, -0.2) is 0 Å². The quantitative estimate of drug-likeness (QED) is 0.528. The Morgan fingerprint density at radius 2 is 2.00 bits per heavy atom. The molecule has 0 fully saturated rings. The van der Waals surface area contributed by atoms with Gasteiger partial charge in [-0.3, -0.25) is 4.79 Å². The fraction of sp³-hybridized carbons (Fsp3) is 0.222. The van der Waals surface area contributed by atoms with Crippen molar-refractivity contribution in [1.82, 2.24) is 0 Å². The summed E-state index contributed by atoms with van der Waals surface area (Å²) in [7, 11) is 0. The number of benzene rings is 1. The summed E-state index contributed by atoms with van der Waals surface area (Å²) in [6.07, 6.45) is 0.385. The maximum Gasteiger partial charge on any atom is 1.00 e. The fourth-order valence-corrected chi connectivity index (χ4v) is 0.955. The molecule has 3 N–H and O–H groups in total. The molecule has 0 saturated carbocycles. The molecule has 0 bridgehead atoms. The van der Waals surface area contributed by atoms with Gasteiger partial charge in [-0.15, -0.1) is 0 Å². The number of hydrogen-bond acceptors (Lipinski definition) is 2. The maximum atomic E-state index is 10.4. The summed E-state index contributed by atoms with van der Waals surface area (Å²) in [5, 5.41) is 8.52. The normalized spacial score (nSPS) is 11.5. The Kier molecular flexibility index (Phi) is 5.99. The summed E-state index contributed by atoms with van der Waals surface area (Å²) >= 11 is 0. The Bertz CT molecular complexity index is 269. The SMILES string of the molecule is N[C@H](Cc1ccccc1)C(=O)O.[H-].[Na+]. The number of nitrogens with two attached hydrogens (primary N) is 1. The van der Waals surface area contributed by atoms with Crippen LogP contribution >= 0.6 is 0 Å². The van der Waals surface area contributed by atoms with Crippen LogP contribution in [-0.2, 0) is 11.2 Å². The van der Waals surface area contributed by atoms with Crippen molar-refractivity contribution < 1.29 is 40.9 Å². The van der Waals surface area contributed by atoms with Crippen molar-refractivity contribution >= 4 is 5.97 Å². The Labute approximate surface area is 101 Å². The van der Waals surface area contributed by atoms with Crippen LogP contribution in [0.3, 0.4) is 0 Å². The predicted octanol–water partition coefficient (Wildman–Crippen LogP) is -2.24. The number of hydrogen-bond donors (Lipinski definition) is 2. The van der Waals surface area contributed by atoms with Gasteiger partial charge < -0.3 is 12.3 Å². The topological polar surface area (TPSA) is 63.3 Å². The molecule has 4 heteroatoms. The summed E-state index contributed by atoms with van der Waals surface area (Å²) in [5.41, 5.74) is 6.30. The molecule has 0 spiro atoms. The molecule has 0 heterocycles. The molecular formula is C9H12NNaO2. The number of aliphatic carboxylic acids is 1. The van der Waals surface area contributed by atoms with Gasteiger partial charge in [0.15, 0.2) is 0 Å². The molecule has 1 rings (SSSR count). The molecule has 0 amide bonds. The van der Waals surface area contributed by atoms with Gasteiger partial charge in [0, 0.05) is 0 Å². The molecule has 0 unspecified atom stereocenters. The summed E-state index contributed by atoms with van der Waals surface area (Å²) in [6, 6.07) is 8.54. The molecule has 3 nitrogen and oxygen atoms in total. The van der Waals surface area contributed by atoms with Crippen LogP contribution in [0.1, 0.15) is 6.99 Å². The van der Waals surface area contributed by atoms with E-state index in [1.54, 1.807) is 0 Å². The van der Waals surface area contributed by atoms with Gasteiger partial charge in [0.25, 0.3) is 0 Å². The molecule has 1 atom stereocenters. The first kappa shape index (κ1) is 12.7. The number of carboxylic acid groups (broad SMARTS) is 1. The van der Waals surface area contributed by atoms with Crippen molar-refractivity contribution in [1.29, 1.82) is 0 Å². The van der Waals surface area contributed by atoms with Gasteiger partial charge in [-0.1, -0.05) is 30.3 Å². The van der Waals surface area contributed by atoms with Gasteiger partial charge in [-0.2, -0.15) is 0 Å². The molecule has 0 aliphatic heterocycles. The van der Waals surface area contributed by atoms with Crippen LogP contribution in [0.2, 0.25) is 0 Å². The Hall–Kier alpha value is -0.350. The molecule has 0 radical (unpaired) electrons. The third-order valence-corrected chi connectivity index (χ3v) is 1.62. The second-order valence-corrected chi connectivity index (χ2v) is 2.63. The molecular weight excluding hydrogens is 177 g/mol. The van der Waals surface area contributed by atoms with E-state index in [2.05, 4.69) is 0 Å². The second kappa shape index (κ2) is 6.16. The Balaban J connectivity index is 0. The summed E-state index contributed by atoms with van der Waals surface area (Å²) in [4.78, 5) is 10.4. The summed E-state index contributed by atoms with van der Waals surface area (Å²) in [6.45, 7) is 0. The molecule has 0 aromatic heterocycles. The van der Waals surface area contributed by atoms with Gasteiger partial charge in [0.05, 0.1) is 0 Å². The zero-order valence-corrected chi connectivity index (χ0v) is 9.60. The van der Waals surface area contributed by atoms with Crippen molar-refractivity contribution in [2.24, 2.45) is 5.73 Å². The van der Waals surface area contributed by atoms with E-state index < -0.39 is 12.0 Å². The molecule has 0 aliphatic rings. The smallest absolute Gasteiger partial charge is 1.00 e. The number of rotatable bonds is 3. The van der Waals surface area contributed by atoms with Gasteiger partial charge >= 0.3 is 35.5 Å². The average Bonchev–Trinajstić information content (AvgIpc) is 2.06. The predicted molar refractivity (Wildman–Crippen MR) is 46.9 cm³/mol. The molecule has 1 aromatic carbocycles. The molecule has 0 saturated heterocycles. The van der Waals surface area contributed by atoms with Crippen LogP contribution in [0.15, 0.2) is 30.3 Å². The minimum Gasteiger partial charge on any atom is -1.00 e. The van der Waals surface area contributed by atoms with Gasteiger partial charge in [0.2, 0.25) is 0 Å². The van der Waals surface area contributed by atoms with E-state index in [9.17, 15) is 4.79 Å². The van der Waals surface area contributed by atoms with Crippen molar-refractivity contribution in [3.05, 3.63) is 35.9 Å². The monoisotopic (exact) mass is 189 g/mol. The zero-order chi connectivity index (χ0) is 8.97. The van der Waals surface area contributed by atoms with Crippen molar-refractivity contribution in [2.75, 3.05) is 0 Å². The standard InChI is InChI=1S/C9H11NO2.Na.H/c10-8(9(11)12)6-7-4-2-1-3-5-7;;/h1-5,8H,6,10H2,(H,11,12);;/q;+1;-1/t8-;;/m1../s1. The largest absolute Gasteiger partial charge is 1.00 e. The fourth-order valence-electron chi connectivity index (χ4n) is 0.955.